The summed E-state index contributed by atoms with van der Waals surface area (Å²) in [5.41, 5.74) is 1.36. The Morgan fingerprint density at radius 3 is 2.68 bits per heavy atom. The van der Waals surface area contributed by atoms with E-state index in [-0.39, 0.29) is 5.54 Å². The molecular weight excluding hydrogens is 252 g/mol. The summed E-state index contributed by atoms with van der Waals surface area (Å²) in [6.07, 6.45) is 9.31. The maximum Gasteiger partial charge on any atom is 0.113 e. The van der Waals surface area contributed by atoms with Crippen molar-refractivity contribution in [2.45, 2.75) is 71.3 Å². The van der Waals surface area contributed by atoms with E-state index in [0.29, 0.717) is 0 Å². The van der Waals surface area contributed by atoms with Gasteiger partial charge in [-0.1, -0.05) is 32.6 Å². The number of thiazole rings is 1. The summed E-state index contributed by atoms with van der Waals surface area (Å²) in [5.74, 6) is 0.933. The molecule has 1 aliphatic rings. The summed E-state index contributed by atoms with van der Waals surface area (Å²) in [6.45, 7) is 6.63. The molecule has 108 valence electrons. The average Bonchev–Trinajstić information content (AvgIpc) is 2.64. The molecule has 0 radical (unpaired) electrons. The van der Waals surface area contributed by atoms with Crippen LogP contribution < -0.4 is 5.32 Å². The first-order valence-corrected chi connectivity index (χ1v) is 8.56. The molecule has 0 spiro atoms. The van der Waals surface area contributed by atoms with E-state index >= 15 is 0 Å². The Labute approximate surface area is 122 Å². The molecule has 19 heavy (non-hydrogen) atoms. The maximum absolute atomic E-state index is 4.85. The number of hydrogen-bond acceptors (Lipinski definition) is 3. The predicted octanol–water partition coefficient (Wildman–Crippen LogP) is 4.56. The number of rotatable bonds is 4. The van der Waals surface area contributed by atoms with E-state index in [1.807, 2.05) is 11.3 Å². The van der Waals surface area contributed by atoms with Gasteiger partial charge >= 0.3 is 0 Å². The molecule has 2 nitrogen and oxygen atoms in total. The minimum atomic E-state index is 0.145. The van der Waals surface area contributed by atoms with Crippen LogP contribution in [-0.2, 0) is 5.54 Å². The second-order valence-corrected chi connectivity index (χ2v) is 7.28. The molecule has 0 bridgehead atoms. The Kier molecular flexibility index (Phi) is 5.02. The van der Waals surface area contributed by atoms with Crippen LogP contribution in [0.5, 0.6) is 0 Å². The predicted molar refractivity (Wildman–Crippen MR) is 83.8 cm³/mol. The number of aromatic nitrogens is 1. The zero-order valence-electron chi connectivity index (χ0n) is 12.9. The van der Waals surface area contributed by atoms with Gasteiger partial charge in [-0.05, 0) is 46.1 Å². The Bertz CT molecular complexity index is 393. The lowest BCUT2D eigenvalue weighted by Crippen LogP contribution is -2.39. The minimum absolute atomic E-state index is 0.145. The highest BCUT2D eigenvalue weighted by Crippen LogP contribution is 2.40. The SMILES string of the molecule is CCCC1CCCC(NC)(c2nc(C)c(C)s2)CC1. The van der Waals surface area contributed by atoms with Crippen LogP contribution in [0.25, 0.3) is 0 Å². The third kappa shape index (κ3) is 3.19. The first-order chi connectivity index (χ1) is 9.11. The van der Waals surface area contributed by atoms with Gasteiger partial charge in [0.05, 0.1) is 11.2 Å². The summed E-state index contributed by atoms with van der Waals surface area (Å²) in [4.78, 5) is 6.22. The second kappa shape index (κ2) is 6.36. The van der Waals surface area contributed by atoms with Gasteiger partial charge in [0, 0.05) is 4.88 Å². The van der Waals surface area contributed by atoms with Crippen LogP contribution in [-0.4, -0.2) is 12.0 Å². The average molecular weight is 280 g/mol. The van der Waals surface area contributed by atoms with Crippen LogP contribution in [0.1, 0.15) is 67.4 Å². The first-order valence-electron chi connectivity index (χ1n) is 7.74. The quantitative estimate of drug-likeness (QED) is 0.818. The van der Waals surface area contributed by atoms with E-state index in [2.05, 4.69) is 33.1 Å². The van der Waals surface area contributed by atoms with E-state index in [1.165, 1.54) is 60.5 Å². The lowest BCUT2D eigenvalue weighted by molar-refractivity contribution is 0.304. The smallest absolute Gasteiger partial charge is 0.113 e. The highest BCUT2D eigenvalue weighted by Gasteiger charge is 2.36. The molecule has 3 heteroatoms. The molecule has 0 aliphatic heterocycles. The van der Waals surface area contributed by atoms with Crippen LogP contribution in [0.2, 0.25) is 0 Å². The summed E-state index contributed by atoms with van der Waals surface area (Å²) < 4.78 is 0. The third-order valence-electron chi connectivity index (χ3n) is 4.81. The minimum Gasteiger partial charge on any atom is -0.308 e. The number of nitrogens with one attached hydrogen (secondary N) is 1. The van der Waals surface area contributed by atoms with Crippen molar-refractivity contribution in [3.8, 4) is 0 Å². The Balaban J connectivity index is 2.18. The summed E-state index contributed by atoms with van der Waals surface area (Å²) >= 11 is 1.89. The van der Waals surface area contributed by atoms with Gasteiger partial charge in [0.1, 0.15) is 5.01 Å². The topological polar surface area (TPSA) is 24.9 Å². The van der Waals surface area contributed by atoms with Crippen LogP contribution >= 0.6 is 11.3 Å². The molecule has 1 aliphatic carbocycles. The maximum atomic E-state index is 4.85. The van der Waals surface area contributed by atoms with Crippen molar-refractivity contribution in [3.05, 3.63) is 15.6 Å². The number of nitrogens with zero attached hydrogens (tertiary/aromatic N) is 1. The van der Waals surface area contributed by atoms with E-state index in [1.54, 1.807) is 0 Å². The van der Waals surface area contributed by atoms with Gasteiger partial charge < -0.3 is 5.32 Å². The van der Waals surface area contributed by atoms with Crippen molar-refractivity contribution in [2.24, 2.45) is 5.92 Å². The standard InChI is InChI=1S/C16H28N2S/c1-5-7-14-8-6-10-16(17-4,11-9-14)15-18-12(2)13(3)19-15/h14,17H,5-11H2,1-4H3. The first kappa shape index (κ1) is 15.0. The second-order valence-electron chi connectivity index (χ2n) is 6.08. The fourth-order valence-electron chi connectivity index (χ4n) is 3.36. The van der Waals surface area contributed by atoms with E-state index in [4.69, 9.17) is 4.98 Å². The summed E-state index contributed by atoms with van der Waals surface area (Å²) in [7, 11) is 2.12. The monoisotopic (exact) mass is 280 g/mol. The molecular formula is C16H28N2S. The largest absolute Gasteiger partial charge is 0.308 e. The van der Waals surface area contributed by atoms with Crippen molar-refractivity contribution >= 4 is 11.3 Å². The zero-order valence-corrected chi connectivity index (χ0v) is 13.7. The van der Waals surface area contributed by atoms with Crippen LogP contribution in [0.3, 0.4) is 0 Å². The summed E-state index contributed by atoms with van der Waals surface area (Å²) in [6, 6.07) is 0. The fraction of sp³-hybridized carbons (Fsp3) is 0.812. The molecule has 0 amide bonds. The van der Waals surface area contributed by atoms with Crippen LogP contribution in [0.4, 0.5) is 0 Å². The molecule has 1 fully saturated rings. The Hall–Kier alpha value is -0.410. The van der Waals surface area contributed by atoms with E-state index in [0.717, 1.165) is 5.92 Å². The van der Waals surface area contributed by atoms with Gasteiger partial charge in [0.25, 0.3) is 0 Å². The molecule has 1 heterocycles. The normalized spacial score (nSPS) is 28.3. The Morgan fingerprint density at radius 2 is 2.11 bits per heavy atom. The summed E-state index contributed by atoms with van der Waals surface area (Å²) in [5, 5.41) is 4.95. The van der Waals surface area contributed by atoms with E-state index < -0.39 is 0 Å². The van der Waals surface area contributed by atoms with Gasteiger partial charge in [0.2, 0.25) is 0 Å². The van der Waals surface area contributed by atoms with Crippen molar-refractivity contribution in [2.75, 3.05) is 7.05 Å². The molecule has 1 aromatic heterocycles. The fourth-order valence-corrected chi connectivity index (χ4v) is 4.53. The molecule has 1 N–H and O–H groups in total. The van der Waals surface area contributed by atoms with Crippen molar-refractivity contribution in [1.29, 1.82) is 0 Å². The molecule has 0 saturated heterocycles. The molecule has 1 aromatic rings. The molecule has 1 saturated carbocycles. The van der Waals surface area contributed by atoms with Gasteiger partial charge in [0.15, 0.2) is 0 Å². The van der Waals surface area contributed by atoms with Crippen molar-refractivity contribution < 1.29 is 0 Å². The van der Waals surface area contributed by atoms with Gasteiger partial charge in [-0.3, -0.25) is 0 Å². The number of aryl methyl sites for hydroxylation is 2. The third-order valence-corrected chi connectivity index (χ3v) is 6.09. The lowest BCUT2D eigenvalue weighted by Gasteiger charge is -2.30. The zero-order chi connectivity index (χ0) is 13.9. The highest BCUT2D eigenvalue weighted by molar-refractivity contribution is 7.11. The molecule has 0 aromatic carbocycles. The Morgan fingerprint density at radius 1 is 1.32 bits per heavy atom. The van der Waals surface area contributed by atoms with Crippen molar-refractivity contribution in [3.63, 3.8) is 0 Å². The molecule has 2 unspecified atom stereocenters. The lowest BCUT2D eigenvalue weighted by atomic mass is 9.89. The van der Waals surface area contributed by atoms with Crippen LogP contribution in [0, 0.1) is 19.8 Å². The highest BCUT2D eigenvalue weighted by atomic mass is 32.1. The molecule has 2 atom stereocenters. The number of hydrogen-bond donors (Lipinski definition) is 1. The molecule has 2 rings (SSSR count). The van der Waals surface area contributed by atoms with Gasteiger partial charge in [-0.25, -0.2) is 4.98 Å². The van der Waals surface area contributed by atoms with Crippen LogP contribution in [0.15, 0.2) is 0 Å². The van der Waals surface area contributed by atoms with Crippen molar-refractivity contribution in [1.82, 2.24) is 10.3 Å². The van der Waals surface area contributed by atoms with Gasteiger partial charge in [-0.2, -0.15) is 0 Å². The van der Waals surface area contributed by atoms with E-state index in [9.17, 15) is 0 Å². The van der Waals surface area contributed by atoms with Gasteiger partial charge in [-0.15, -0.1) is 11.3 Å².